The third-order valence-corrected chi connectivity index (χ3v) is 4.15. The number of benzene rings is 1. The summed E-state index contributed by atoms with van der Waals surface area (Å²) in [7, 11) is 0. The van der Waals surface area contributed by atoms with Crippen LogP contribution in [0.25, 0.3) is 0 Å². The summed E-state index contributed by atoms with van der Waals surface area (Å²) in [4.78, 5) is 25.6. The average Bonchev–Trinajstić information content (AvgIpc) is 2.81. The van der Waals surface area contributed by atoms with Crippen molar-refractivity contribution in [1.29, 1.82) is 0 Å². The van der Waals surface area contributed by atoms with Gasteiger partial charge in [0.05, 0.1) is 9.95 Å². The van der Waals surface area contributed by atoms with Crippen molar-refractivity contribution in [2.45, 2.75) is 0 Å². The second kappa shape index (κ2) is 5.64. The fraction of sp³-hybridized carbons (Fsp3) is 0. The normalized spacial score (nSPS) is 10.2. The maximum absolute atomic E-state index is 11.9. The number of halogens is 2. The number of carbonyl (C=O) groups is 1. The van der Waals surface area contributed by atoms with Crippen molar-refractivity contribution in [3.8, 4) is 0 Å². The van der Waals surface area contributed by atoms with Crippen LogP contribution in [0.4, 0.5) is 10.1 Å². The van der Waals surface area contributed by atoms with Crippen LogP contribution in [0.5, 0.6) is 0 Å². The predicted molar refractivity (Wildman–Crippen MR) is 75.9 cm³/mol. The fourth-order valence-corrected chi connectivity index (χ4v) is 2.34. The van der Waals surface area contributed by atoms with Crippen LogP contribution in [0.1, 0.15) is 10.4 Å². The molecule has 19 heavy (non-hydrogen) atoms. The Morgan fingerprint density at radius 3 is 2.84 bits per heavy atom. The molecule has 0 bridgehead atoms. The minimum atomic E-state index is -0.563. The molecule has 0 saturated heterocycles. The maximum Gasteiger partial charge on any atom is 0.345 e. The van der Waals surface area contributed by atoms with Gasteiger partial charge in [-0.25, -0.2) is 4.98 Å². The van der Waals surface area contributed by atoms with Crippen molar-refractivity contribution in [2.75, 3.05) is 5.32 Å². The Balaban J connectivity index is 2.15. The van der Waals surface area contributed by atoms with Crippen LogP contribution in [0, 0.1) is 10.1 Å². The lowest BCUT2D eigenvalue weighted by Gasteiger charge is -2.02. The number of carbonyl (C=O) groups excluding carboxylic acids is 1. The molecule has 0 unspecified atom stereocenters. The van der Waals surface area contributed by atoms with Crippen molar-refractivity contribution < 1.29 is 9.72 Å². The molecule has 0 aliphatic heterocycles. The molecule has 9 heteroatoms. The number of nitro groups is 1. The number of hydrogen-bond acceptors (Lipinski definition) is 5. The van der Waals surface area contributed by atoms with E-state index in [2.05, 4.69) is 26.2 Å². The van der Waals surface area contributed by atoms with Gasteiger partial charge in [-0.15, -0.1) is 0 Å². The van der Waals surface area contributed by atoms with Crippen molar-refractivity contribution in [3.63, 3.8) is 0 Å². The Kier molecular flexibility index (Phi) is 4.13. The summed E-state index contributed by atoms with van der Waals surface area (Å²) in [6.07, 6.45) is 1.10. The molecule has 1 amide bonds. The first-order chi connectivity index (χ1) is 8.97. The summed E-state index contributed by atoms with van der Waals surface area (Å²) in [5, 5.41) is 13.5. The zero-order valence-corrected chi connectivity index (χ0v) is 12.3. The molecule has 0 saturated carbocycles. The molecule has 1 aromatic carbocycles. The first-order valence-electron chi connectivity index (χ1n) is 4.84. The Morgan fingerprint density at radius 2 is 2.26 bits per heavy atom. The number of amides is 1. The van der Waals surface area contributed by atoms with Crippen LogP contribution in [0.2, 0.25) is 5.02 Å². The monoisotopic (exact) mass is 361 g/mol. The topological polar surface area (TPSA) is 85.1 Å². The number of nitrogens with zero attached hydrogens (tertiary/aromatic N) is 2. The summed E-state index contributed by atoms with van der Waals surface area (Å²) in [6, 6.07) is 4.68. The average molecular weight is 363 g/mol. The summed E-state index contributed by atoms with van der Waals surface area (Å²) >= 11 is 9.82. The van der Waals surface area contributed by atoms with Gasteiger partial charge in [0.2, 0.25) is 0 Å². The molecule has 0 aliphatic rings. The first kappa shape index (κ1) is 13.9. The van der Waals surface area contributed by atoms with Gasteiger partial charge in [-0.2, -0.15) is 0 Å². The largest absolute Gasteiger partial charge is 0.345 e. The predicted octanol–water partition coefficient (Wildman–Crippen LogP) is 3.72. The lowest BCUT2D eigenvalue weighted by atomic mass is 10.2. The minimum Gasteiger partial charge on any atom is -0.298 e. The van der Waals surface area contributed by atoms with E-state index in [-0.39, 0.29) is 10.1 Å². The Morgan fingerprint density at radius 1 is 1.53 bits per heavy atom. The number of rotatable bonds is 3. The molecular weight excluding hydrogens is 358 g/mol. The molecule has 0 atom stereocenters. The Bertz CT molecular complexity index is 661. The molecular formula is C10H5BrClN3O3S. The molecule has 0 radical (unpaired) electrons. The van der Waals surface area contributed by atoms with Crippen molar-refractivity contribution in [3.05, 3.63) is 49.6 Å². The van der Waals surface area contributed by atoms with E-state index in [1.165, 1.54) is 0 Å². The Hall–Kier alpha value is -1.51. The highest BCUT2D eigenvalue weighted by Gasteiger charge is 2.14. The fourth-order valence-electron chi connectivity index (χ4n) is 1.21. The highest BCUT2D eigenvalue weighted by atomic mass is 79.9. The van der Waals surface area contributed by atoms with Crippen LogP contribution in [-0.4, -0.2) is 15.8 Å². The third kappa shape index (κ3) is 3.28. The number of hydrogen-bond donors (Lipinski definition) is 1. The number of thiazole rings is 1. The van der Waals surface area contributed by atoms with E-state index in [9.17, 15) is 14.9 Å². The zero-order chi connectivity index (χ0) is 14.0. The molecule has 0 fully saturated rings. The maximum atomic E-state index is 11.9. The number of aromatic nitrogens is 1. The second-order valence-electron chi connectivity index (χ2n) is 3.34. The zero-order valence-electron chi connectivity index (χ0n) is 9.09. The molecule has 0 spiro atoms. The molecule has 2 aromatic rings. The SMILES string of the molecule is O=C(Nc1ncc([N+](=O)[O-])s1)c1ccc(Cl)c(Br)c1. The van der Waals surface area contributed by atoms with E-state index < -0.39 is 10.8 Å². The molecule has 0 aliphatic carbocycles. The van der Waals surface area contributed by atoms with E-state index in [4.69, 9.17) is 11.6 Å². The summed E-state index contributed by atoms with van der Waals surface area (Å²) in [5.74, 6) is -0.415. The molecule has 2 rings (SSSR count). The standard InChI is InChI=1S/C10H5BrClN3O3S/c11-6-3-5(1-2-7(6)12)9(16)14-10-13-4-8(19-10)15(17)18/h1-4H,(H,13,14,16). The smallest absolute Gasteiger partial charge is 0.298 e. The van der Waals surface area contributed by atoms with Gasteiger partial charge in [0.25, 0.3) is 5.91 Å². The number of nitrogens with one attached hydrogen (secondary N) is 1. The third-order valence-electron chi connectivity index (χ3n) is 2.08. The van der Waals surface area contributed by atoms with Gasteiger partial charge in [-0.05, 0) is 45.5 Å². The number of anilines is 1. The summed E-state index contributed by atoms with van der Waals surface area (Å²) in [6.45, 7) is 0. The van der Waals surface area contributed by atoms with Crippen LogP contribution in [0.3, 0.4) is 0 Å². The van der Waals surface area contributed by atoms with Gasteiger partial charge >= 0.3 is 5.00 Å². The van der Waals surface area contributed by atoms with Crippen molar-refractivity contribution in [1.82, 2.24) is 4.98 Å². The highest BCUT2D eigenvalue weighted by Crippen LogP contribution is 2.26. The van der Waals surface area contributed by atoms with E-state index in [0.29, 0.717) is 15.1 Å². The van der Waals surface area contributed by atoms with Gasteiger partial charge < -0.3 is 0 Å². The van der Waals surface area contributed by atoms with Gasteiger partial charge in [-0.1, -0.05) is 11.6 Å². The van der Waals surface area contributed by atoms with E-state index in [1.807, 2.05) is 0 Å². The molecule has 1 heterocycles. The summed E-state index contributed by atoms with van der Waals surface area (Å²) < 4.78 is 0.590. The summed E-state index contributed by atoms with van der Waals surface area (Å²) in [5.41, 5.74) is 0.370. The second-order valence-corrected chi connectivity index (χ2v) is 5.61. The Labute approximate surface area is 124 Å². The van der Waals surface area contributed by atoms with Gasteiger partial charge in [0, 0.05) is 10.0 Å². The van der Waals surface area contributed by atoms with Gasteiger partial charge in [-0.3, -0.25) is 20.2 Å². The molecule has 1 aromatic heterocycles. The quantitative estimate of drug-likeness (QED) is 0.666. The lowest BCUT2D eigenvalue weighted by molar-refractivity contribution is -0.380. The van der Waals surface area contributed by atoms with E-state index in [1.54, 1.807) is 18.2 Å². The van der Waals surface area contributed by atoms with Crippen LogP contribution in [-0.2, 0) is 0 Å². The van der Waals surface area contributed by atoms with E-state index in [0.717, 1.165) is 17.5 Å². The van der Waals surface area contributed by atoms with Crippen molar-refractivity contribution >= 4 is 54.9 Å². The van der Waals surface area contributed by atoms with E-state index >= 15 is 0 Å². The molecule has 1 N–H and O–H groups in total. The van der Waals surface area contributed by atoms with Gasteiger partial charge in [0.1, 0.15) is 6.20 Å². The van der Waals surface area contributed by atoms with Crippen LogP contribution in [0.15, 0.2) is 28.9 Å². The van der Waals surface area contributed by atoms with Crippen molar-refractivity contribution in [2.24, 2.45) is 0 Å². The van der Waals surface area contributed by atoms with Crippen LogP contribution >= 0.6 is 38.9 Å². The lowest BCUT2D eigenvalue weighted by Crippen LogP contribution is -2.11. The molecule has 6 nitrogen and oxygen atoms in total. The minimum absolute atomic E-state index is 0.132. The molecule has 98 valence electrons. The first-order valence-corrected chi connectivity index (χ1v) is 6.83. The highest BCUT2D eigenvalue weighted by molar-refractivity contribution is 9.10. The van der Waals surface area contributed by atoms with Crippen LogP contribution < -0.4 is 5.32 Å². The van der Waals surface area contributed by atoms with Gasteiger partial charge in [0.15, 0.2) is 5.13 Å².